The summed E-state index contributed by atoms with van der Waals surface area (Å²) >= 11 is 5.15. The summed E-state index contributed by atoms with van der Waals surface area (Å²) in [6.45, 7) is 1.15. The van der Waals surface area contributed by atoms with Crippen molar-refractivity contribution in [1.29, 1.82) is 0 Å². The van der Waals surface area contributed by atoms with Crippen LogP contribution in [0.5, 0.6) is 5.75 Å². The average Bonchev–Trinajstić information content (AvgIpc) is 2.80. The van der Waals surface area contributed by atoms with E-state index >= 15 is 0 Å². The lowest BCUT2D eigenvalue weighted by molar-refractivity contribution is 0.304. The fraction of sp³-hybridized carbons (Fsp3) is 0.167. The van der Waals surface area contributed by atoms with Crippen LogP contribution < -0.4 is 10.5 Å². The number of thiophene rings is 1. The quantitative estimate of drug-likeness (QED) is 0.937. The molecule has 0 bridgehead atoms. The molecule has 2 rings (SSSR count). The van der Waals surface area contributed by atoms with Crippen LogP contribution in [-0.4, -0.2) is 0 Å². The van der Waals surface area contributed by atoms with E-state index in [-0.39, 0.29) is 0 Å². The van der Waals surface area contributed by atoms with Gasteiger partial charge in [0, 0.05) is 6.54 Å². The Kier molecular flexibility index (Phi) is 3.98. The first-order valence-corrected chi connectivity index (χ1v) is 6.65. The van der Waals surface area contributed by atoms with Crippen molar-refractivity contribution in [3.63, 3.8) is 0 Å². The van der Waals surface area contributed by atoms with Gasteiger partial charge in [0.2, 0.25) is 0 Å². The summed E-state index contributed by atoms with van der Waals surface area (Å²) in [5.74, 6) is 0.850. The van der Waals surface area contributed by atoms with Crippen LogP contribution in [0.25, 0.3) is 0 Å². The number of benzene rings is 1. The van der Waals surface area contributed by atoms with Gasteiger partial charge in [-0.3, -0.25) is 0 Å². The fourth-order valence-electron chi connectivity index (χ4n) is 1.32. The molecule has 2 aromatic rings. The summed E-state index contributed by atoms with van der Waals surface area (Å²) in [5.41, 5.74) is 7.85. The molecule has 1 aromatic heterocycles. The highest BCUT2D eigenvalue weighted by molar-refractivity contribution is 9.10. The molecule has 0 aliphatic carbocycles. The molecule has 0 amide bonds. The Morgan fingerprint density at radius 3 is 2.75 bits per heavy atom. The third kappa shape index (κ3) is 2.84. The zero-order valence-electron chi connectivity index (χ0n) is 8.65. The molecule has 0 fully saturated rings. The standard InChI is InChI=1S/C12H12BrNOS/c13-11-5-9(6-14)1-2-12(11)15-7-10-3-4-16-8-10/h1-5,8H,6-7,14H2. The van der Waals surface area contributed by atoms with Crippen LogP contribution in [0.4, 0.5) is 0 Å². The molecule has 0 saturated heterocycles. The summed E-state index contributed by atoms with van der Waals surface area (Å²) in [4.78, 5) is 0. The highest BCUT2D eigenvalue weighted by Gasteiger charge is 2.02. The van der Waals surface area contributed by atoms with Gasteiger partial charge in [0.1, 0.15) is 12.4 Å². The third-order valence-electron chi connectivity index (χ3n) is 2.21. The van der Waals surface area contributed by atoms with E-state index < -0.39 is 0 Å². The molecule has 0 unspecified atom stereocenters. The predicted molar refractivity (Wildman–Crippen MR) is 70.7 cm³/mol. The number of rotatable bonds is 4. The van der Waals surface area contributed by atoms with Crippen LogP contribution in [0.2, 0.25) is 0 Å². The molecular weight excluding hydrogens is 286 g/mol. The van der Waals surface area contributed by atoms with Crippen LogP contribution in [0, 0.1) is 0 Å². The molecule has 4 heteroatoms. The Labute approximate surface area is 107 Å². The number of ether oxygens (including phenoxy) is 1. The Morgan fingerprint density at radius 1 is 1.25 bits per heavy atom. The van der Waals surface area contributed by atoms with E-state index in [2.05, 4.69) is 27.4 Å². The van der Waals surface area contributed by atoms with Gasteiger partial charge in [0.05, 0.1) is 4.47 Å². The maximum atomic E-state index is 5.70. The van der Waals surface area contributed by atoms with Crippen molar-refractivity contribution in [2.24, 2.45) is 5.73 Å². The van der Waals surface area contributed by atoms with Crippen LogP contribution in [-0.2, 0) is 13.2 Å². The molecular formula is C12H12BrNOS. The van der Waals surface area contributed by atoms with Gasteiger partial charge in [0.15, 0.2) is 0 Å². The molecule has 0 spiro atoms. The summed E-state index contributed by atoms with van der Waals surface area (Å²) in [6, 6.07) is 7.97. The lowest BCUT2D eigenvalue weighted by Gasteiger charge is -2.08. The number of hydrogen-bond acceptors (Lipinski definition) is 3. The zero-order chi connectivity index (χ0) is 11.4. The Morgan fingerprint density at radius 2 is 2.12 bits per heavy atom. The minimum atomic E-state index is 0.545. The summed E-state index contributed by atoms with van der Waals surface area (Å²) in [7, 11) is 0. The molecule has 0 radical (unpaired) electrons. The van der Waals surface area contributed by atoms with Gasteiger partial charge in [-0.15, -0.1) is 0 Å². The van der Waals surface area contributed by atoms with Crippen molar-refractivity contribution in [2.45, 2.75) is 13.2 Å². The van der Waals surface area contributed by atoms with Crippen molar-refractivity contribution in [3.05, 3.63) is 50.6 Å². The van der Waals surface area contributed by atoms with Gasteiger partial charge >= 0.3 is 0 Å². The summed E-state index contributed by atoms with van der Waals surface area (Å²) in [6.07, 6.45) is 0. The normalized spacial score (nSPS) is 10.4. The Balaban J connectivity index is 2.04. The van der Waals surface area contributed by atoms with Crippen LogP contribution in [0.3, 0.4) is 0 Å². The SMILES string of the molecule is NCc1ccc(OCc2ccsc2)c(Br)c1. The maximum Gasteiger partial charge on any atom is 0.134 e. The van der Waals surface area contributed by atoms with Gasteiger partial charge in [-0.05, 0) is 56.0 Å². The first-order chi connectivity index (χ1) is 7.79. The average molecular weight is 298 g/mol. The van der Waals surface area contributed by atoms with Crippen molar-refractivity contribution in [1.82, 2.24) is 0 Å². The zero-order valence-corrected chi connectivity index (χ0v) is 11.1. The van der Waals surface area contributed by atoms with E-state index in [9.17, 15) is 0 Å². The molecule has 84 valence electrons. The minimum Gasteiger partial charge on any atom is -0.488 e. The van der Waals surface area contributed by atoms with E-state index in [1.165, 1.54) is 5.56 Å². The molecule has 0 aliphatic rings. The smallest absolute Gasteiger partial charge is 0.134 e. The Hall–Kier alpha value is -0.840. The van der Waals surface area contributed by atoms with Gasteiger partial charge < -0.3 is 10.5 Å². The topological polar surface area (TPSA) is 35.2 Å². The Bertz CT molecular complexity index is 456. The first-order valence-electron chi connectivity index (χ1n) is 4.92. The third-order valence-corrected chi connectivity index (χ3v) is 3.56. The molecule has 0 atom stereocenters. The van der Waals surface area contributed by atoms with Gasteiger partial charge in [-0.2, -0.15) is 11.3 Å². The molecule has 2 N–H and O–H groups in total. The minimum absolute atomic E-state index is 0.545. The lowest BCUT2D eigenvalue weighted by atomic mass is 10.2. The molecule has 0 saturated carbocycles. The van der Waals surface area contributed by atoms with Crippen molar-refractivity contribution < 1.29 is 4.74 Å². The summed E-state index contributed by atoms with van der Waals surface area (Å²) < 4.78 is 6.65. The van der Waals surface area contributed by atoms with E-state index in [0.29, 0.717) is 13.2 Å². The highest BCUT2D eigenvalue weighted by Crippen LogP contribution is 2.26. The maximum absolute atomic E-state index is 5.70. The van der Waals surface area contributed by atoms with E-state index in [1.54, 1.807) is 11.3 Å². The van der Waals surface area contributed by atoms with Crippen molar-refractivity contribution in [3.8, 4) is 5.75 Å². The van der Waals surface area contributed by atoms with Gasteiger partial charge in [-0.1, -0.05) is 6.07 Å². The van der Waals surface area contributed by atoms with Crippen LogP contribution in [0.15, 0.2) is 39.5 Å². The molecule has 16 heavy (non-hydrogen) atoms. The van der Waals surface area contributed by atoms with Gasteiger partial charge in [-0.25, -0.2) is 0 Å². The van der Waals surface area contributed by atoms with E-state index in [0.717, 1.165) is 15.8 Å². The van der Waals surface area contributed by atoms with Gasteiger partial charge in [0.25, 0.3) is 0 Å². The van der Waals surface area contributed by atoms with E-state index in [4.69, 9.17) is 10.5 Å². The monoisotopic (exact) mass is 297 g/mol. The highest BCUT2D eigenvalue weighted by atomic mass is 79.9. The van der Waals surface area contributed by atoms with Crippen LogP contribution in [0.1, 0.15) is 11.1 Å². The second-order valence-corrected chi connectivity index (χ2v) is 5.02. The molecule has 0 aliphatic heterocycles. The van der Waals surface area contributed by atoms with Crippen LogP contribution >= 0.6 is 27.3 Å². The largest absolute Gasteiger partial charge is 0.488 e. The van der Waals surface area contributed by atoms with E-state index in [1.807, 2.05) is 23.6 Å². The number of halogens is 1. The fourth-order valence-corrected chi connectivity index (χ4v) is 2.52. The molecule has 2 nitrogen and oxygen atoms in total. The molecule has 1 aromatic carbocycles. The second kappa shape index (κ2) is 5.48. The number of hydrogen-bond donors (Lipinski definition) is 1. The predicted octanol–water partition coefficient (Wildman–Crippen LogP) is 3.55. The summed E-state index contributed by atoms with van der Waals surface area (Å²) in [5, 5.41) is 4.13. The lowest BCUT2D eigenvalue weighted by Crippen LogP contribution is -1.98. The van der Waals surface area contributed by atoms with Crippen molar-refractivity contribution in [2.75, 3.05) is 0 Å². The second-order valence-electron chi connectivity index (χ2n) is 3.39. The molecule has 1 heterocycles. The number of nitrogens with two attached hydrogens (primary N) is 1. The first kappa shape index (κ1) is 11.6. The van der Waals surface area contributed by atoms with Crippen molar-refractivity contribution >= 4 is 27.3 Å².